The van der Waals surface area contributed by atoms with Crippen molar-refractivity contribution in [1.82, 2.24) is 14.8 Å². The average molecular weight is 354 g/mol. The number of aryl methyl sites for hydroxylation is 2. The van der Waals surface area contributed by atoms with E-state index < -0.39 is 0 Å². The Morgan fingerprint density at radius 3 is 2.58 bits per heavy atom. The van der Waals surface area contributed by atoms with E-state index in [1.807, 2.05) is 6.07 Å². The van der Waals surface area contributed by atoms with Gasteiger partial charge in [-0.2, -0.15) is 0 Å². The van der Waals surface area contributed by atoms with Crippen molar-refractivity contribution in [3.05, 3.63) is 35.0 Å². The van der Waals surface area contributed by atoms with Crippen molar-refractivity contribution in [3.63, 3.8) is 0 Å². The average Bonchev–Trinajstić information content (AvgIpc) is 3.40. The summed E-state index contributed by atoms with van der Waals surface area (Å²) in [4.78, 5) is 15.3. The summed E-state index contributed by atoms with van der Waals surface area (Å²) in [5, 5.41) is 4.41. The molecule has 1 aliphatic carbocycles. The third kappa shape index (κ3) is 3.27. The molecule has 0 unspecified atom stereocenters. The van der Waals surface area contributed by atoms with Gasteiger partial charge in [-0.1, -0.05) is 6.42 Å². The highest BCUT2D eigenvalue weighted by atomic mass is 16.1. The van der Waals surface area contributed by atoms with Crippen LogP contribution in [0.4, 0.5) is 0 Å². The second-order valence-corrected chi connectivity index (χ2v) is 8.52. The zero-order chi connectivity index (χ0) is 18.3. The number of amides is 1. The largest absolute Gasteiger partial charge is 0.351 e. The Kier molecular flexibility index (Phi) is 4.55. The summed E-state index contributed by atoms with van der Waals surface area (Å²) in [6, 6.07) is 6.09. The van der Waals surface area contributed by atoms with Gasteiger partial charge in [-0.25, -0.2) is 0 Å². The van der Waals surface area contributed by atoms with Gasteiger partial charge >= 0.3 is 0 Å². The monoisotopic (exact) mass is 353 g/mol. The summed E-state index contributed by atoms with van der Waals surface area (Å²) in [7, 11) is 2.09. The summed E-state index contributed by atoms with van der Waals surface area (Å²) < 4.78 is 2.20. The lowest BCUT2D eigenvalue weighted by molar-refractivity contribution is 0.0936. The van der Waals surface area contributed by atoms with Gasteiger partial charge in [-0.05, 0) is 76.4 Å². The second-order valence-electron chi connectivity index (χ2n) is 8.52. The minimum absolute atomic E-state index is 0.0673. The van der Waals surface area contributed by atoms with Gasteiger partial charge in [0.2, 0.25) is 0 Å². The van der Waals surface area contributed by atoms with Crippen LogP contribution in [0.15, 0.2) is 18.2 Å². The molecule has 1 N–H and O–H groups in total. The van der Waals surface area contributed by atoms with Crippen LogP contribution in [-0.2, 0) is 7.05 Å². The standard InChI is InChI=1S/C22H31N3O/c1-16-17(2)24(3)20-8-7-18(13-19(16)20)21(26)23-14-22(9-10-22)15-25-11-5-4-6-12-25/h7-8,13H,4-6,9-12,14-15H2,1-3H3,(H,23,26). The smallest absolute Gasteiger partial charge is 0.251 e. The highest BCUT2D eigenvalue weighted by Gasteiger charge is 2.44. The van der Waals surface area contributed by atoms with Gasteiger partial charge in [-0.15, -0.1) is 0 Å². The normalized spacial score (nSPS) is 19.7. The Morgan fingerprint density at radius 1 is 1.15 bits per heavy atom. The van der Waals surface area contributed by atoms with Crippen molar-refractivity contribution in [3.8, 4) is 0 Å². The van der Waals surface area contributed by atoms with Crippen LogP contribution in [0.5, 0.6) is 0 Å². The Bertz CT molecular complexity index is 826. The molecule has 140 valence electrons. The fraction of sp³-hybridized carbons (Fsp3) is 0.591. The Hall–Kier alpha value is -1.81. The van der Waals surface area contributed by atoms with Crippen molar-refractivity contribution in [2.45, 2.75) is 46.0 Å². The van der Waals surface area contributed by atoms with Crippen molar-refractivity contribution in [2.75, 3.05) is 26.2 Å². The zero-order valence-electron chi connectivity index (χ0n) is 16.4. The molecule has 2 aliphatic rings. The summed E-state index contributed by atoms with van der Waals surface area (Å²) in [5.74, 6) is 0.0673. The summed E-state index contributed by atoms with van der Waals surface area (Å²) >= 11 is 0. The molecule has 1 amide bonds. The topological polar surface area (TPSA) is 37.3 Å². The number of rotatable bonds is 5. The summed E-state index contributed by atoms with van der Waals surface area (Å²) in [6.07, 6.45) is 6.54. The number of hydrogen-bond acceptors (Lipinski definition) is 2. The highest BCUT2D eigenvalue weighted by Crippen LogP contribution is 2.46. The molecule has 4 nitrogen and oxygen atoms in total. The number of benzene rings is 1. The second kappa shape index (κ2) is 6.73. The molecule has 2 heterocycles. The third-order valence-electron chi connectivity index (χ3n) is 6.66. The van der Waals surface area contributed by atoms with Crippen LogP contribution in [0.3, 0.4) is 0 Å². The van der Waals surface area contributed by atoms with E-state index in [-0.39, 0.29) is 5.91 Å². The molecule has 4 heteroatoms. The molecular weight excluding hydrogens is 322 g/mol. The first-order valence-corrected chi connectivity index (χ1v) is 10.1. The van der Waals surface area contributed by atoms with E-state index in [0.29, 0.717) is 5.41 Å². The maximum atomic E-state index is 12.7. The summed E-state index contributed by atoms with van der Waals surface area (Å²) in [5.41, 5.74) is 4.83. The van der Waals surface area contributed by atoms with Crippen LogP contribution in [-0.4, -0.2) is 41.6 Å². The van der Waals surface area contributed by atoms with E-state index >= 15 is 0 Å². The lowest BCUT2D eigenvalue weighted by atomic mass is 10.0. The number of nitrogens with one attached hydrogen (secondary N) is 1. The number of aromatic nitrogens is 1. The maximum Gasteiger partial charge on any atom is 0.251 e. The van der Waals surface area contributed by atoms with E-state index in [0.717, 1.165) is 18.7 Å². The quantitative estimate of drug-likeness (QED) is 0.888. The minimum Gasteiger partial charge on any atom is -0.351 e. The van der Waals surface area contributed by atoms with Crippen molar-refractivity contribution >= 4 is 16.8 Å². The molecule has 0 atom stereocenters. The number of carbonyl (C=O) groups excluding carboxylic acids is 1. The number of fused-ring (bicyclic) bond motifs is 1. The van der Waals surface area contributed by atoms with Crippen LogP contribution in [0, 0.1) is 19.3 Å². The third-order valence-corrected chi connectivity index (χ3v) is 6.66. The molecule has 2 aromatic rings. The van der Waals surface area contributed by atoms with Gasteiger partial charge in [0, 0.05) is 47.7 Å². The van der Waals surface area contributed by atoms with E-state index in [9.17, 15) is 4.79 Å². The maximum absolute atomic E-state index is 12.7. The van der Waals surface area contributed by atoms with E-state index in [1.165, 1.54) is 67.4 Å². The van der Waals surface area contributed by atoms with Crippen LogP contribution < -0.4 is 5.32 Å². The first-order chi connectivity index (χ1) is 12.5. The van der Waals surface area contributed by atoms with Gasteiger partial charge in [0.15, 0.2) is 0 Å². The SMILES string of the molecule is Cc1c(C)n(C)c2ccc(C(=O)NCC3(CN4CCCCC4)CC3)cc12. The molecule has 1 saturated carbocycles. The van der Waals surface area contributed by atoms with Gasteiger partial charge in [0.1, 0.15) is 0 Å². The number of nitrogens with zero attached hydrogens (tertiary/aromatic N) is 2. The van der Waals surface area contributed by atoms with Crippen LogP contribution in [0.1, 0.15) is 53.7 Å². The van der Waals surface area contributed by atoms with Gasteiger partial charge in [0.05, 0.1) is 0 Å². The lowest BCUT2D eigenvalue weighted by Crippen LogP contribution is -2.40. The number of carbonyl (C=O) groups is 1. The van der Waals surface area contributed by atoms with Crippen molar-refractivity contribution < 1.29 is 4.79 Å². The Morgan fingerprint density at radius 2 is 1.88 bits per heavy atom. The first-order valence-electron chi connectivity index (χ1n) is 10.1. The Labute approximate surface area is 156 Å². The number of likely N-dealkylation sites (tertiary alicyclic amines) is 1. The zero-order valence-corrected chi connectivity index (χ0v) is 16.4. The first kappa shape index (κ1) is 17.6. The van der Waals surface area contributed by atoms with Crippen LogP contribution in [0.25, 0.3) is 10.9 Å². The van der Waals surface area contributed by atoms with E-state index in [4.69, 9.17) is 0 Å². The molecule has 0 spiro atoms. The molecular formula is C22H31N3O. The van der Waals surface area contributed by atoms with Gasteiger partial charge < -0.3 is 14.8 Å². The van der Waals surface area contributed by atoms with Crippen LogP contribution in [0.2, 0.25) is 0 Å². The van der Waals surface area contributed by atoms with Crippen molar-refractivity contribution in [2.24, 2.45) is 12.5 Å². The highest BCUT2D eigenvalue weighted by molar-refractivity contribution is 5.99. The lowest BCUT2D eigenvalue weighted by Gasteiger charge is -2.30. The molecule has 1 aromatic carbocycles. The van der Waals surface area contributed by atoms with Crippen LogP contribution >= 0.6 is 0 Å². The van der Waals surface area contributed by atoms with Gasteiger partial charge in [0.25, 0.3) is 5.91 Å². The van der Waals surface area contributed by atoms with E-state index in [1.54, 1.807) is 0 Å². The number of piperidine rings is 1. The Balaban J connectivity index is 1.42. The molecule has 4 rings (SSSR count). The van der Waals surface area contributed by atoms with Crippen molar-refractivity contribution in [1.29, 1.82) is 0 Å². The molecule has 0 radical (unpaired) electrons. The number of hydrogen-bond donors (Lipinski definition) is 1. The predicted molar refractivity (Wildman–Crippen MR) is 107 cm³/mol. The fourth-order valence-corrected chi connectivity index (χ4v) is 4.43. The molecule has 26 heavy (non-hydrogen) atoms. The summed E-state index contributed by atoms with van der Waals surface area (Å²) in [6.45, 7) is 8.71. The molecule has 0 bridgehead atoms. The fourth-order valence-electron chi connectivity index (χ4n) is 4.43. The predicted octanol–water partition coefficient (Wildman–Crippen LogP) is 3.79. The van der Waals surface area contributed by atoms with E-state index in [2.05, 4.69) is 47.8 Å². The molecule has 1 aliphatic heterocycles. The minimum atomic E-state index is 0.0673. The molecule has 1 saturated heterocycles. The van der Waals surface area contributed by atoms with Gasteiger partial charge in [-0.3, -0.25) is 4.79 Å². The molecule has 1 aromatic heterocycles. The molecule has 2 fully saturated rings.